The van der Waals surface area contributed by atoms with Gasteiger partial charge in [0.25, 0.3) is 0 Å². The topological polar surface area (TPSA) is 83.4 Å². The standard InChI is InChI=1S/C5H11O4P/c1-5(2,6)3-4-10(7,8)9/h3-4,6H,1-2H3,(H2,7,8,9)/p-2/b4-3-. The van der Waals surface area contributed by atoms with Gasteiger partial charge in [0.05, 0.1) is 5.60 Å². The van der Waals surface area contributed by atoms with Gasteiger partial charge in [0.2, 0.25) is 0 Å². The highest BCUT2D eigenvalue weighted by Crippen LogP contribution is 2.25. The minimum Gasteiger partial charge on any atom is -0.808 e. The maximum absolute atomic E-state index is 9.95. The van der Waals surface area contributed by atoms with Crippen molar-refractivity contribution < 1.29 is 19.5 Å². The summed E-state index contributed by atoms with van der Waals surface area (Å²) in [6.07, 6.45) is 0.938. The van der Waals surface area contributed by atoms with Gasteiger partial charge in [0.1, 0.15) is 0 Å². The zero-order valence-electron chi connectivity index (χ0n) is 5.77. The van der Waals surface area contributed by atoms with Gasteiger partial charge in [-0.05, 0) is 21.4 Å². The molecule has 0 bridgehead atoms. The molecule has 0 aliphatic carbocycles. The summed E-state index contributed by atoms with van der Waals surface area (Å²) < 4.78 is 9.95. The molecule has 0 saturated carbocycles. The molecule has 0 atom stereocenters. The lowest BCUT2D eigenvalue weighted by atomic mass is 10.1. The van der Waals surface area contributed by atoms with Crippen LogP contribution < -0.4 is 9.79 Å². The van der Waals surface area contributed by atoms with Crippen LogP contribution >= 0.6 is 7.60 Å². The Kier molecular flexibility index (Phi) is 2.80. The Hall–Kier alpha value is -0.150. The fourth-order valence-electron chi connectivity index (χ4n) is 0.274. The molecule has 0 aliphatic heterocycles. The predicted octanol–water partition coefficient (Wildman–Crippen LogP) is -0.815. The average molecular weight is 164 g/mol. The highest BCUT2D eigenvalue weighted by Gasteiger charge is 2.05. The number of hydrogen-bond acceptors (Lipinski definition) is 4. The molecule has 0 aromatic carbocycles. The van der Waals surface area contributed by atoms with Crippen molar-refractivity contribution in [2.45, 2.75) is 19.4 Å². The lowest BCUT2D eigenvalue weighted by Gasteiger charge is -2.26. The molecule has 1 N–H and O–H groups in total. The molecule has 0 saturated heterocycles. The van der Waals surface area contributed by atoms with Crippen molar-refractivity contribution in [1.82, 2.24) is 0 Å². The fourth-order valence-corrected chi connectivity index (χ4v) is 0.821. The largest absolute Gasteiger partial charge is 0.808 e. The van der Waals surface area contributed by atoms with Gasteiger partial charge in [-0.25, -0.2) is 0 Å². The third kappa shape index (κ3) is 7.85. The van der Waals surface area contributed by atoms with Gasteiger partial charge < -0.3 is 19.5 Å². The minimum atomic E-state index is -4.60. The molecule has 0 rings (SSSR count). The molecule has 0 heterocycles. The highest BCUT2D eigenvalue weighted by molar-refractivity contribution is 7.52. The van der Waals surface area contributed by atoms with Crippen LogP contribution in [0.25, 0.3) is 0 Å². The molecular formula is C5H9O4P-2. The summed E-state index contributed by atoms with van der Waals surface area (Å²) in [6.45, 7) is 2.75. The number of rotatable bonds is 2. The molecular weight excluding hydrogens is 155 g/mol. The maximum Gasteiger partial charge on any atom is 0.0775 e. The molecule has 0 radical (unpaired) electrons. The maximum atomic E-state index is 9.95. The SMILES string of the molecule is CC(C)(O)/C=C\P(=O)([O-])[O-]. The molecule has 10 heavy (non-hydrogen) atoms. The Morgan fingerprint density at radius 3 is 2.00 bits per heavy atom. The second-order valence-electron chi connectivity index (χ2n) is 2.51. The molecule has 0 amide bonds. The summed E-state index contributed by atoms with van der Waals surface area (Å²) in [5, 5.41) is 8.90. The Morgan fingerprint density at radius 2 is 1.90 bits per heavy atom. The van der Waals surface area contributed by atoms with E-state index in [9.17, 15) is 14.4 Å². The molecule has 0 aromatic heterocycles. The monoisotopic (exact) mass is 164 g/mol. The first-order valence-corrected chi connectivity index (χ1v) is 4.26. The van der Waals surface area contributed by atoms with E-state index < -0.39 is 13.2 Å². The quantitative estimate of drug-likeness (QED) is 0.540. The molecule has 0 aliphatic rings. The van der Waals surface area contributed by atoms with E-state index in [0.29, 0.717) is 5.82 Å². The van der Waals surface area contributed by atoms with E-state index in [1.54, 1.807) is 0 Å². The summed E-state index contributed by atoms with van der Waals surface area (Å²) in [7, 11) is -4.60. The van der Waals surface area contributed by atoms with Gasteiger partial charge in [-0.2, -0.15) is 0 Å². The van der Waals surface area contributed by atoms with E-state index in [2.05, 4.69) is 0 Å². The molecule has 4 nitrogen and oxygen atoms in total. The summed E-state index contributed by atoms with van der Waals surface area (Å²) >= 11 is 0. The summed E-state index contributed by atoms with van der Waals surface area (Å²) in [6, 6.07) is 0. The van der Waals surface area contributed by atoms with Crippen molar-refractivity contribution in [3.05, 3.63) is 11.9 Å². The molecule has 0 aromatic rings. The lowest BCUT2D eigenvalue weighted by molar-refractivity contribution is -0.308. The van der Waals surface area contributed by atoms with Gasteiger partial charge in [-0.3, -0.25) is 0 Å². The Labute approximate surface area is 59.4 Å². The normalized spacial score (nSPS) is 14.5. The van der Waals surface area contributed by atoms with Crippen molar-refractivity contribution in [2.75, 3.05) is 0 Å². The Morgan fingerprint density at radius 1 is 1.50 bits per heavy atom. The fraction of sp³-hybridized carbons (Fsp3) is 0.600. The lowest BCUT2D eigenvalue weighted by Crippen LogP contribution is -2.16. The van der Waals surface area contributed by atoms with Gasteiger partial charge in [0, 0.05) is 0 Å². The van der Waals surface area contributed by atoms with E-state index in [-0.39, 0.29) is 0 Å². The van der Waals surface area contributed by atoms with Crippen LogP contribution in [-0.2, 0) is 4.57 Å². The van der Waals surface area contributed by atoms with Gasteiger partial charge in [0.15, 0.2) is 0 Å². The minimum absolute atomic E-state index is 0.465. The number of aliphatic hydroxyl groups is 1. The van der Waals surface area contributed by atoms with Crippen LogP contribution in [0.3, 0.4) is 0 Å². The smallest absolute Gasteiger partial charge is 0.0775 e. The van der Waals surface area contributed by atoms with Crippen LogP contribution in [0.4, 0.5) is 0 Å². The summed E-state index contributed by atoms with van der Waals surface area (Å²) in [5.41, 5.74) is -1.25. The summed E-state index contributed by atoms with van der Waals surface area (Å²) in [4.78, 5) is 19.9. The van der Waals surface area contributed by atoms with Crippen molar-refractivity contribution >= 4 is 7.60 Å². The first-order chi connectivity index (χ1) is 4.21. The predicted molar refractivity (Wildman–Crippen MR) is 33.0 cm³/mol. The highest BCUT2D eigenvalue weighted by atomic mass is 31.2. The van der Waals surface area contributed by atoms with E-state index in [1.165, 1.54) is 13.8 Å². The molecule has 0 fully saturated rings. The molecule has 0 unspecified atom stereocenters. The second-order valence-corrected chi connectivity index (χ2v) is 3.89. The summed E-state index contributed by atoms with van der Waals surface area (Å²) in [5.74, 6) is 0.465. The molecule has 5 heteroatoms. The van der Waals surface area contributed by atoms with Crippen molar-refractivity contribution in [3.8, 4) is 0 Å². The first kappa shape index (κ1) is 9.85. The van der Waals surface area contributed by atoms with Crippen LogP contribution in [0.1, 0.15) is 13.8 Å². The first-order valence-electron chi connectivity index (χ1n) is 2.65. The van der Waals surface area contributed by atoms with Gasteiger partial charge in [-0.1, -0.05) is 11.9 Å². The average Bonchev–Trinajstić information content (AvgIpc) is 1.57. The Bertz CT molecular complexity index is 173. The van der Waals surface area contributed by atoms with E-state index in [0.717, 1.165) is 6.08 Å². The van der Waals surface area contributed by atoms with Gasteiger partial charge in [-0.15, -0.1) is 0 Å². The van der Waals surface area contributed by atoms with Crippen LogP contribution in [-0.4, -0.2) is 10.7 Å². The third-order valence-electron chi connectivity index (χ3n) is 0.665. The van der Waals surface area contributed by atoms with E-state index >= 15 is 0 Å². The molecule has 60 valence electrons. The number of hydrogen-bond donors (Lipinski definition) is 1. The van der Waals surface area contributed by atoms with Gasteiger partial charge >= 0.3 is 0 Å². The second kappa shape index (κ2) is 2.84. The van der Waals surface area contributed by atoms with Crippen LogP contribution in [0, 0.1) is 0 Å². The zero-order valence-corrected chi connectivity index (χ0v) is 6.67. The van der Waals surface area contributed by atoms with Crippen molar-refractivity contribution in [1.29, 1.82) is 0 Å². The van der Waals surface area contributed by atoms with Crippen molar-refractivity contribution in [2.24, 2.45) is 0 Å². The third-order valence-corrected chi connectivity index (χ3v) is 1.18. The van der Waals surface area contributed by atoms with Crippen LogP contribution in [0.5, 0.6) is 0 Å². The Balaban J connectivity index is 4.16. The zero-order chi connectivity index (χ0) is 8.41. The van der Waals surface area contributed by atoms with Crippen LogP contribution in [0.15, 0.2) is 11.9 Å². The van der Waals surface area contributed by atoms with E-state index in [1.807, 2.05) is 0 Å². The molecule has 0 spiro atoms. The van der Waals surface area contributed by atoms with Crippen molar-refractivity contribution in [3.63, 3.8) is 0 Å². The van der Waals surface area contributed by atoms with Crippen LogP contribution in [0.2, 0.25) is 0 Å². The van der Waals surface area contributed by atoms with E-state index in [4.69, 9.17) is 5.11 Å².